The Bertz CT molecular complexity index is 398. The maximum atomic E-state index is 4.58. The van der Waals surface area contributed by atoms with Crippen LogP contribution in [0.4, 0.5) is 5.95 Å². The molecule has 3 rings (SSSR count). The summed E-state index contributed by atoms with van der Waals surface area (Å²) in [6.45, 7) is 2.33. The van der Waals surface area contributed by atoms with Crippen LogP contribution in [0.3, 0.4) is 0 Å². The molecule has 1 aromatic rings. The van der Waals surface area contributed by atoms with Gasteiger partial charge in [0.05, 0.1) is 0 Å². The second-order valence-corrected chi connectivity index (χ2v) is 6.72. The predicted molar refractivity (Wildman–Crippen MR) is 84.0 cm³/mol. The maximum absolute atomic E-state index is 4.58. The van der Waals surface area contributed by atoms with Crippen LogP contribution in [-0.2, 0) is 0 Å². The van der Waals surface area contributed by atoms with Gasteiger partial charge in [-0.1, -0.05) is 32.6 Å². The quantitative estimate of drug-likeness (QED) is 0.858. The van der Waals surface area contributed by atoms with Crippen molar-refractivity contribution in [3.05, 3.63) is 12.4 Å². The molecule has 0 spiro atoms. The van der Waals surface area contributed by atoms with E-state index in [9.17, 15) is 0 Å². The molecule has 2 fully saturated rings. The molecular formula is C17H29N3. The van der Waals surface area contributed by atoms with Crippen LogP contribution in [0.1, 0.15) is 77.2 Å². The Balaban J connectivity index is 1.61. The normalized spacial score (nSPS) is 28.4. The minimum atomic E-state index is 0.650. The van der Waals surface area contributed by atoms with Gasteiger partial charge in [0.1, 0.15) is 0 Å². The van der Waals surface area contributed by atoms with Gasteiger partial charge < -0.3 is 9.88 Å². The number of aromatic nitrogens is 2. The number of nitrogens with one attached hydrogen (secondary N) is 1. The molecule has 0 bridgehead atoms. The van der Waals surface area contributed by atoms with Crippen LogP contribution in [0.25, 0.3) is 0 Å². The van der Waals surface area contributed by atoms with Crippen molar-refractivity contribution in [1.29, 1.82) is 0 Å². The van der Waals surface area contributed by atoms with Crippen LogP contribution >= 0.6 is 0 Å². The molecule has 2 saturated carbocycles. The average Bonchev–Trinajstić information content (AvgIpc) is 2.96. The zero-order valence-corrected chi connectivity index (χ0v) is 12.9. The first-order valence-corrected chi connectivity index (χ1v) is 8.66. The van der Waals surface area contributed by atoms with E-state index in [2.05, 4.69) is 28.0 Å². The molecule has 0 amide bonds. The Morgan fingerprint density at radius 2 is 1.85 bits per heavy atom. The first-order chi connectivity index (χ1) is 9.86. The van der Waals surface area contributed by atoms with Gasteiger partial charge in [0.15, 0.2) is 0 Å². The fraction of sp³-hybridized carbons (Fsp3) is 0.824. The summed E-state index contributed by atoms with van der Waals surface area (Å²) in [6.07, 6.45) is 17.7. The highest BCUT2D eigenvalue weighted by Crippen LogP contribution is 2.35. The summed E-state index contributed by atoms with van der Waals surface area (Å²) in [5.74, 6) is 2.08. The summed E-state index contributed by atoms with van der Waals surface area (Å²) in [5.41, 5.74) is 0. The molecule has 3 nitrogen and oxygen atoms in total. The highest BCUT2D eigenvalue weighted by Gasteiger charge is 2.23. The minimum absolute atomic E-state index is 0.650. The molecule has 2 aliphatic rings. The summed E-state index contributed by atoms with van der Waals surface area (Å²) in [5, 5.41) is 3.70. The summed E-state index contributed by atoms with van der Waals surface area (Å²) in [6, 6.07) is 1.32. The zero-order valence-electron chi connectivity index (χ0n) is 12.9. The predicted octanol–water partition coefficient (Wildman–Crippen LogP) is 4.77. The summed E-state index contributed by atoms with van der Waals surface area (Å²) in [7, 11) is 0. The molecular weight excluding hydrogens is 246 g/mol. The lowest BCUT2D eigenvalue weighted by atomic mass is 9.84. The van der Waals surface area contributed by atoms with E-state index in [1.165, 1.54) is 64.2 Å². The third-order valence-corrected chi connectivity index (χ3v) is 5.39. The van der Waals surface area contributed by atoms with Gasteiger partial charge in [-0.15, -0.1) is 0 Å². The molecule has 1 heterocycles. The molecule has 20 heavy (non-hydrogen) atoms. The van der Waals surface area contributed by atoms with Crippen molar-refractivity contribution in [2.45, 2.75) is 83.2 Å². The van der Waals surface area contributed by atoms with E-state index in [-0.39, 0.29) is 0 Å². The molecule has 0 radical (unpaired) electrons. The van der Waals surface area contributed by atoms with Crippen molar-refractivity contribution in [1.82, 2.24) is 9.55 Å². The van der Waals surface area contributed by atoms with E-state index < -0.39 is 0 Å². The lowest BCUT2D eigenvalue weighted by Crippen LogP contribution is -2.26. The maximum Gasteiger partial charge on any atom is 0.203 e. The van der Waals surface area contributed by atoms with Crippen molar-refractivity contribution in [2.75, 3.05) is 5.32 Å². The summed E-state index contributed by atoms with van der Waals surface area (Å²) in [4.78, 5) is 4.58. The molecule has 0 aromatic carbocycles. The molecule has 2 aliphatic carbocycles. The first-order valence-electron chi connectivity index (χ1n) is 8.66. The Morgan fingerprint density at radius 3 is 2.55 bits per heavy atom. The standard InChI is InChI=1S/C17H29N3/c1-2-14-8-10-16(11-9-14)20-13-12-18-17(20)19-15-6-4-3-5-7-15/h12-16H,2-11H2,1H3,(H,18,19). The zero-order chi connectivity index (χ0) is 13.8. The molecule has 0 aliphatic heterocycles. The summed E-state index contributed by atoms with van der Waals surface area (Å²) >= 11 is 0. The molecule has 0 saturated heterocycles. The highest BCUT2D eigenvalue weighted by atomic mass is 15.2. The van der Waals surface area contributed by atoms with E-state index in [4.69, 9.17) is 0 Å². The van der Waals surface area contributed by atoms with Crippen molar-refractivity contribution >= 4 is 5.95 Å². The fourth-order valence-electron chi connectivity index (χ4n) is 3.98. The third kappa shape index (κ3) is 3.18. The Labute approximate surface area is 123 Å². The Morgan fingerprint density at radius 1 is 1.10 bits per heavy atom. The van der Waals surface area contributed by atoms with Crippen LogP contribution in [0.2, 0.25) is 0 Å². The molecule has 3 heteroatoms. The fourth-order valence-corrected chi connectivity index (χ4v) is 3.98. The van der Waals surface area contributed by atoms with Gasteiger partial charge in [-0.3, -0.25) is 0 Å². The van der Waals surface area contributed by atoms with Gasteiger partial charge in [-0.25, -0.2) is 4.98 Å². The Hall–Kier alpha value is -0.990. The summed E-state index contributed by atoms with van der Waals surface area (Å²) < 4.78 is 2.42. The number of imidazole rings is 1. The average molecular weight is 275 g/mol. The lowest BCUT2D eigenvalue weighted by Gasteiger charge is -2.31. The van der Waals surface area contributed by atoms with Crippen molar-refractivity contribution in [3.63, 3.8) is 0 Å². The second kappa shape index (κ2) is 6.64. The molecule has 112 valence electrons. The number of rotatable bonds is 4. The molecule has 1 N–H and O–H groups in total. The SMILES string of the molecule is CCC1CCC(n2ccnc2NC2CCCCC2)CC1. The highest BCUT2D eigenvalue weighted by molar-refractivity contribution is 5.28. The van der Waals surface area contributed by atoms with Crippen molar-refractivity contribution in [2.24, 2.45) is 5.92 Å². The van der Waals surface area contributed by atoms with Crippen molar-refractivity contribution < 1.29 is 0 Å². The van der Waals surface area contributed by atoms with Crippen LogP contribution < -0.4 is 5.32 Å². The van der Waals surface area contributed by atoms with Crippen molar-refractivity contribution in [3.8, 4) is 0 Å². The van der Waals surface area contributed by atoms with Crippen LogP contribution in [-0.4, -0.2) is 15.6 Å². The van der Waals surface area contributed by atoms with Crippen LogP contribution in [0, 0.1) is 5.92 Å². The second-order valence-electron chi connectivity index (χ2n) is 6.72. The Kier molecular flexibility index (Phi) is 4.64. The number of hydrogen-bond acceptors (Lipinski definition) is 2. The molecule has 1 aromatic heterocycles. The van der Waals surface area contributed by atoms with Gasteiger partial charge in [0.2, 0.25) is 5.95 Å². The topological polar surface area (TPSA) is 29.9 Å². The van der Waals surface area contributed by atoms with E-state index in [0.717, 1.165) is 11.9 Å². The smallest absolute Gasteiger partial charge is 0.203 e. The molecule has 0 unspecified atom stereocenters. The van der Waals surface area contributed by atoms with Gasteiger partial charge in [0.25, 0.3) is 0 Å². The lowest BCUT2D eigenvalue weighted by molar-refractivity contribution is 0.270. The van der Waals surface area contributed by atoms with Gasteiger partial charge in [-0.05, 0) is 44.4 Å². The van der Waals surface area contributed by atoms with Gasteiger partial charge in [0, 0.05) is 24.5 Å². The monoisotopic (exact) mass is 275 g/mol. The first kappa shape index (κ1) is 14.0. The molecule has 0 atom stereocenters. The van der Waals surface area contributed by atoms with Gasteiger partial charge in [-0.2, -0.15) is 0 Å². The van der Waals surface area contributed by atoms with Crippen LogP contribution in [0.5, 0.6) is 0 Å². The third-order valence-electron chi connectivity index (χ3n) is 5.39. The minimum Gasteiger partial charge on any atom is -0.353 e. The number of anilines is 1. The van der Waals surface area contributed by atoms with E-state index in [1.807, 2.05) is 6.20 Å². The van der Waals surface area contributed by atoms with E-state index >= 15 is 0 Å². The number of hydrogen-bond donors (Lipinski definition) is 1. The van der Waals surface area contributed by atoms with Crippen LogP contribution in [0.15, 0.2) is 12.4 Å². The number of nitrogens with zero attached hydrogens (tertiary/aromatic N) is 2. The van der Waals surface area contributed by atoms with E-state index in [0.29, 0.717) is 12.1 Å². The largest absolute Gasteiger partial charge is 0.353 e. The van der Waals surface area contributed by atoms with Gasteiger partial charge >= 0.3 is 0 Å². The van der Waals surface area contributed by atoms with E-state index in [1.54, 1.807) is 0 Å².